The minimum atomic E-state index is 0.403. The number of hydrogen-bond donors (Lipinski definition) is 1. The molecule has 0 bridgehead atoms. The maximum absolute atomic E-state index is 9.92. The molecule has 0 aromatic heterocycles. The van der Waals surface area contributed by atoms with Crippen LogP contribution in [0.2, 0.25) is 0 Å². The zero-order valence-electron chi connectivity index (χ0n) is 6.66. The number of para-hydroxylation sites is 1. The summed E-state index contributed by atoms with van der Waals surface area (Å²) in [6.45, 7) is 0. The third kappa shape index (κ3) is 2.95. The Bertz CT molecular complexity index is 297. The fourth-order valence-corrected chi connectivity index (χ4v) is 0.763. The van der Waals surface area contributed by atoms with Crippen LogP contribution in [0.4, 0.5) is 5.69 Å². The molecule has 1 aromatic rings. The number of aldehydes is 1. The van der Waals surface area contributed by atoms with Crippen molar-refractivity contribution in [3.05, 3.63) is 36.4 Å². The number of benzene rings is 1. The molecule has 0 aliphatic rings. The van der Waals surface area contributed by atoms with Gasteiger partial charge >= 0.3 is 0 Å². The summed E-state index contributed by atoms with van der Waals surface area (Å²) in [5.74, 6) is 2.80. The molecule has 0 unspecified atom stereocenters. The SMILES string of the molecule is O=CCC=C=[NH+]c1ccccc1. The van der Waals surface area contributed by atoms with Gasteiger partial charge in [0.15, 0.2) is 5.87 Å². The van der Waals surface area contributed by atoms with Crippen LogP contribution < -0.4 is 4.99 Å². The Morgan fingerprint density at radius 1 is 1.33 bits per heavy atom. The molecular formula is C10H10NO+. The number of allylic oxidation sites excluding steroid dienone is 1. The molecule has 1 rings (SSSR count). The van der Waals surface area contributed by atoms with Gasteiger partial charge < -0.3 is 4.79 Å². The molecule has 0 saturated carbocycles. The first kappa shape index (κ1) is 8.44. The highest BCUT2D eigenvalue weighted by Gasteiger charge is 1.87. The highest BCUT2D eigenvalue weighted by molar-refractivity contribution is 5.59. The number of rotatable bonds is 3. The molecule has 12 heavy (non-hydrogen) atoms. The number of carbonyl (C=O) groups excluding carboxylic acids is 1. The van der Waals surface area contributed by atoms with Crippen LogP contribution >= 0.6 is 0 Å². The maximum atomic E-state index is 9.92. The lowest BCUT2D eigenvalue weighted by atomic mass is 10.3. The number of hydrogen-bond acceptors (Lipinski definition) is 1. The van der Waals surface area contributed by atoms with Crippen molar-refractivity contribution in [3.63, 3.8) is 0 Å². The third-order valence-corrected chi connectivity index (χ3v) is 1.31. The smallest absolute Gasteiger partial charge is 0.212 e. The summed E-state index contributed by atoms with van der Waals surface area (Å²) in [4.78, 5) is 12.8. The fourth-order valence-electron chi connectivity index (χ4n) is 0.763. The van der Waals surface area contributed by atoms with Gasteiger partial charge in [0.05, 0.1) is 0 Å². The van der Waals surface area contributed by atoms with Crippen molar-refractivity contribution in [2.45, 2.75) is 6.42 Å². The van der Waals surface area contributed by atoms with E-state index in [4.69, 9.17) is 0 Å². The van der Waals surface area contributed by atoms with E-state index in [9.17, 15) is 4.79 Å². The van der Waals surface area contributed by atoms with Gasteiger partial charge in [0.2, 0.25) is 5.69 Å². The molecule has 2 heteroatoms. The van der Waals surface area contributed by atoms with E-state index in [1.54, 1.807) is 6.08 Å². The van der Waals surface area contributed by atoms with Gasteiger partial charge in [0, 0.05) is 24.6 Å². The van der Waals surface area contributed by atoms with E-state index in [1.165, 1.54) is 0 Å². The Hall–Kier alpha value is -1.66. The second-order valence-electron chi connectivity index (χ2n) is 2.24. The van der Waals surface area contributed by atoms with Crippen LogP contribution in [0, 0.1) is 0 Å². The standard InChI is InChI=1S/C10H9NO/c12-9-5-4-8-11-10-6-2-1-3-7-10/h1-4,6-7,9H,5H2/p+1. The molecule has 1 N–H and O–H groups in total. The highest BCUT2D eigenvalue weighted by Crippen LogP contribution is 1.94. The first-order valence-corrected chi connectivity index (χ1v) is 3.75. The van der Waals surface area contributed by atoms with Crippen molar-refractivity contribution in [1.29, 1.82) is 0 Å². The molecule has 0 fully saturated rings. The summed E-state index contributed by atoms with van der Waals surface area (Å²) in [7, 11) is 0. The van der Waals surface area contributed by atoms with Crippen LogP contribution in [-0.2, 0) is 4.79 Å². The topological polar surface area (TPSA) is 31.0 Å². The normalized spacial score (nSPS) is 8.33. The molecule has 1 aromatic carbocycles. The molecule has 0 heterocycles. The van der Waals surface area contributed by atoms with Crippen molar-refractivity contribution in [2.24, 2.45) is 0 Å². The lowest BCUT2D eigenvalue weighted by Gasteiger charge is -1.78. The third-order valence-electron chi connectivity index (χ3n) is 1.31. The Morgan fingerprint density at radius 3 is 2.75 bits per heavy atom. The average Bonchev–Trinajstić information content (AvgIpc) is 2.14. The van der Waals surface area contributed by atoms with E-state index in [2.05, 4.69) is 10.9 Å². The first-order chi connectivity index (χ1) is 5.93. The van der Waals surface area contributed by atoms with Gasteiger partial charge in [-0.2, -0.15) is 4.99 Å². The summed E-state index contributed by atoms with van der Waals surface area (Å²) in [5.41, 5.74) is 0.972. The van der Waals surface area contributed by atoms with Gasteiger partial charge in [-0.05, 0) is 0 Å². The van der Waals surface area contributed by atoms with Crippen LogP contribution in [0.5, 0.6) is 0 Å². The van der Waals surface area contributed by atoms with Gasteiger partial charge in [-0.3, -0.25) is 0 Å². The zero-order valence-corrected chi connectivity index (χ0v) is 6.66. The van der Waals surface area contributed by atoms with Crippen molar-refractivity contribution >= 4 is 17.8 Å². The van der Waals surface area contributed by atoms with E-state index in [0.717, 1.165) is 12.0 Å². The quantitative estimate of drug-likeness (QED) is 0.497. The number of nitrogens with one attached hydrogen (secondary N) is 1. The fraction of sp³-hybridized carbons (Fsp3) is 0.100. The van der Waals surface area contributed by atoms with Crippen LogP contribution in [0.25, 0.3) is 0 Å². The first-order valence-electron chi connectivity index (χ1n) is 3.75. The van der Waals surface area contributed by atoms with Crippen molar-refractivity contribution in [3.8, 4) is 0 Å². The predicted octanol–water partition coefficient (Wildman–Crippen LogP) is 0.214. The lowest BCUT2D eigenvalue weighted by molar-refractivity contribution is -0.344. The summed E-state index contributed by atoms with van der Waals surface area (Å²) >= 11 is 0. The van der Waals surface area contributed by atoms with E-state index >= 15 is 0 Å². The summed E-state index contributed by atoms with van der Waals surface area (Å²) < 4.78 is 0. The summed E-state index contributed by atoms with van der Waals surface area (Å²) in [5, 5.41) is 0. The van der Waals surface area contributed by atoms with Crippen LogP contribution in [-0.4, -0.2) is 12.2 Å². The molecule has 2 nitrogen and oxygen atoms in total. The summed E-state index contributed by atoms with van der Waals surface area (Å²) in [6, 6.07) is 9.68. The molecule has 0 saturated heterocycles. The molecule has 0 spiro atoms. The van der Waals surface area contributed by atoms with E-state index in [-0.39, 0.29) is 0 Å². The van der Waals surface area contributed by atoms with Crippen LogP contribution in [0.1, 0.15) is 6.42 Å². The van der Waals surface area contributed by atoms with Gasteiger partial charge in [0.25, 0.3) is 0 Å². The van der Waals surface area contributed by atoms with Gasteiger partial charge in [-0.25, -0.2) is 0 Å². The van der Waals surface area contributed by atoms with Crippen molar-refractivity contribution in [1.82, 2.24) is 0 Å². The number of carbonyl (C=O) groups is 1. The molecule has 60 valence electrons. The Labute approximate surface area is 71.3 Å². The second-order valence-corrected chi connectivity index (χ2v) is 2.24. The summed E-state index contributed by atoms with van der Waals surface area (Å²) in [6.07, 6.45) is 2.89. The van der Waals surface area contributed by atoms with Crippen molar-refractivity contribution < 1.29 is 9.79 Å². The van der Waals surface area contributed by atoms with E-state index in [1.807, 2.05) is 30.3 Å². The van der Waals surface area contributed by atoms with Gasteiger partial charge in [-0.15, -0.1) is 0 Å². The van der Waals surface area contributed by atoms with Crippen molar-refractivity contribution in [2.75, 3.05) is 0 Å². The van der Waals surface area contributed by atoms with Crippen LogP contribution in [0.15, 0.2) is 36.4 Å². The zero-order chi connectivity index (χ0) is 8.65. The van der Waals surface area contributed by atoms with Gasteiger partial charge in [0.1, 0.15) is 6.29 Å². The monoisotopic (exact) mass is 160 g/mol. The maximum Gasteiger partial charge on any atom is 0.212 e. The second kappa shape index (κ2) is 5.05. The lowest BCUT2D eigenvalue weighted by Crippen LogP contribution is -2.59. The predicted molar refractivity (Wildman–Crippen MR) is 47.3 cm³/mol. The van der Waals surface area contributed by atoms with E-state index in [0.29, 0.717) is 6.42 Å². The molecule has 0 aliphatic carbocycles. The minimum Gasteiger partial charge on any atom is -0.303 e. The van der Waals surface area contributed by atoms with Gasteiger partial charge in [-0.1, -0.05) is 18.2 Å². The highest BCUT2D eigenvalue weighted by atomic mass is 16.1. The minimum absolute atomic E-state index is 0.403. The molecule has 0 radical (unpaired) electrons. The average molecular weight is 160 g/mol. The molecule has 0 amide bonds. The largest absolute Gasteiger partial charge is 0.303 e. The molecule has 0 aliphatic heterocycles. The Balaban J connectivity index is 2.63. The van der Waals surface area contributed by atoms with E-state index < -0.39 is 0 Å². The molecule has 0 atom stereocenters. The Kier molecular flexibility index (Phi) is 3.55. The molecular weight excluding hydrogens is 150 g/mol. The van der Waals surface area contributed by atoms with Crippen LogP contribution in [0.3, 0.4) is 0 Å². The Morgan fingerprint density at radius 2 is 2.08 bits per heavy atom.